The lowest BCUT2D eigenvalue weighted by Crippen LogP contribution is -2.39. The fraction of sp³-hybridized carbons (Fsp3) is 0.500. The number of carbonyl (C=O) groups excluding carboxylic acids is 1. The number of amides is 1. The minimum absolute atomic E-state index is 0.0736. The van der Waals surface area contributed by atoms with Crippen LogP contribution >= 0.6 is 0 Å². The van der Waals surface area contributed by atoms with Crippen LogP contribution in [-0.4, -0.2) is 33.3 Å². The van der Waals surface area contributed by atoms with Crippen LogP contribution in [0.15, 0.2) is 24.5 Å². The van der Waals surface area contributed by atoms with Gasteiger partial charge in [0.2, 0.25) is 0 Å². The van der Waals surface area contributed by atoms with Gasteiger partial charge in [0, 0.05) is 25.5 Å². The summed E-state index contributed by atoms with van der Waals surface area (Å²) in [5.41, 5.74) is 2.57. The highest BCUT2D eigenvalue weighted by molar-refractivity contribution is 5.93. The van der Waals surface area contributed by atoms with E-state index in [9.17, 15) is 4.79 Å². The number of carbonyl (C=O) groups is 1. The topological polar surface area (TPSA) is 37.6 Å². The molecule has 0 spiro atoms. The first-order valence-corrected chi connectivity index (χ1v) is 7.42. The van der Waals surface area contributed by atoms with Gasteiger partial charge < -0.3 is 9.30 Å². The second kappa shape index (κ2) is 5.27. The molecule has 2 aromatic heterocycles. The fourth-order valence-electron chi connectivity index (χ4n) is 2.93. The van der Waals surface area contributed by atoms with Crippen LogP contribution in [0.1, 0.15) is 42.2 Å². The molecule has 2 aromatic rings. The molecule has 0 N–H and O–H groups in total. The van der Waals surface area contributed by atoms with Gasteiger partial charge in [0.15, 0.2) is 0 Å². The Morgan fingerprint density at radius 2 is 2.35 bits per heavy atom. The number of hydrogen-bond acceptors (Lipinski definition) is 2. The Hall–Kier alpha value is -1.84. The standard InChI is InChI=1S/C16H21N3O/c1-3-13-5-4-7-19(10-13)16(20)14-11-18-8-6-12(2)9-15(18)17-14/h6,8-9,11,13H,3-5,7,10H2,1-2H3/t13-/m0/s1. The zero-order chi connectivity index (χ0) is 14.1. The summed E-state index contributed by atoms with van der Waals surface area (Å²) in [6.07, 6.45) is 7.29. The largest absolute Gasteiger partial charge is 0.337 e. The van der Waals surface area contributed by atoms with E-state index in [0.717, 1.165) is 37.1 Å². The minimum Gasteiger partial charge on any atom is -0.337 e. The van der Waals surface area contributed by atoms with E-state index in [4.69, 9.17) is 0 Å². The maximum atomic E-state index is 12.6. The highest BCUT2D eigenvalue weighted by atomic mass is 16.2. The first-order chi connectivity index (χ1) is 9.67. The Balaban J connectivity index is 1.84. The predicted molar refractivity (Wildman–Crippen MR) is 78.8 cm³/mol. The molecule has 1 aliphatic rings. The average molecular weight is 271 g/mol. The van der Waals surface area contributed by atoms with Crippen molar-refractivity contribution in [2.75, 3.05) is 13.1 Å². The molecule has 3 rings (SSSR count). The van der Waals surface area contributed by atoms with Crippen LogP contribution in [0.25, 0.3) is 5.65 Å². The van der Waals surface area contributed by atoms with Gasteiger partial charge >= 0.3 is 0 Å². The monoisotopic (exact) mass is 271 g/mol. The first-order valence-electron chi connectivity index (χ1n) is 7.42. The molecule has 1 aliphatic heterocycles. The van der Waals surface area contributed by atoms with E-state index < -0.39 is 0 Å². The molecule has 4 nitrogen and oxygen atoms in total. The normalized spacial score (nSPS) is 19.5. The summed E-state index contributed by atoms with van der Waals surface area (Å²) >= 11 is 0. The molecular formula is C16H21N3O. The summed E-state index contributed by atoms with van der Waals surface area (Å²) in [7, 11) is 0. The molecule has 0 radical (unpaired) electrons. The van der Waals surface area contributed by atoms with Crippen molar-refractivity contribution in [2.45, 2.75) is 33.1 Å². The summed E-state index contributed by atoms with van der Waals surface area (Å²) in [6, 6.07) is 4.03. The van der Waals surface area contributed by atoms with E-state index in [0.29, 0.717) is 11.6 Å². The lowest BCUT2D eigenvalue weighted by Gasteiger charge is -2.31. The molecule has 1 atom stereocenters. The Morgan fingerprint density at radius 3 is 3.15 bits per heavy atom. The fourth-order valence-corrected chi connectivity index (χ4v) is 2.93. The van der Waals surface area contributed by atoms with Crippen molar-refractivity contribution in [3.8, 4) is 0 Å². The summed E-state index contributed by atoms with van der Waals surface area (Å²) in [6.45, 7) is 5.98. The Labute approximate surface area is 119 Å². The number of fused-ring (bicyclic) bond motifs is 1. The molecule has 106 valence electrons. The van der Waals surface area contributed by atoms with Crippen LogP contribution in [-0.2, 0) is 0 Å². The average Bonchev–Trinajstić information content (AvgIpc) is 2.89. The van der Waals surface area contributed by atoms with Gasteiger partial charge in [-0.2, -0.15) is 0 Å². The maximum Gasteiger partial charge on any atom is 0.274 e. The lowest BCUT2D eigenvalue weighted by atomic mass is 9.95. The quantitative estimate of drug-likeness (QED) is 0.842. The van der Waals surface area contributed by atoms with Gasteiger partial charge in [-0.25, -0.2) is 4.98 Å². The van der Waals surface area contributed by atoms with Crippen LogP contribution in [0.3, 0.4) is 0 Å². The second-order valence-corrected chi connectivity index (χ2v) is 5.76. The van der Waals surface area contributed by atoms with Crippen molar-refractivity contribution in [3.63, 3.8) is 0 Å². The van der Waals surface area contributed by atoms with E-state index >= 15 is 0 Å². The first kappa shape index (κ1) is 13.2. The van der Waals surface area contributed by atoms with Crippen molar-refractivity contribution in [2.24, 2.45) is 5.92 Å². The molecule has 0 aromatic carbocycles. The van der Waals surface area contributed by atoms with E-state index in [2.05, 4.69) is 11.9 Å². The molecule has 1 fully saturated rings. The molecule has 0 unspecified atom stereocenters. The molecule has 4 heteroatoms. The van der Waals surface area contributed by atoms with Gasteiger partial charge in [-0.1, -0.05) is 13.3 Å². The number of rotatable bonds is 2. The summed E-state index contributed by atoms with van der Waals surface area (Å²) in [5, 5.41) is 0. The number of piperidine rings is 1. The third-order valence-electron chi connectivity index (χ3n) is 4.22. The number of hydrogen-bond donors (Lipinski definition) is 0. The highest BCUT2D eigenvalue weighted by Gasteiger charge is 2.24. The Bertz CT molecular complexity index is 632. The van der Waals surface area contributed by atoms with Crippen LogP contribution in [0, 0.1) is 12.8 Å². The number of pyridine rings is 1. The van der Waals surface area contributed by atoms with Gasteiger partial charge in [-0.3, -0.25) is 4.79 Å². The third kappa shape index (κ3) is 2.42. The van der Waals surface area contributed by atoms with Gasteiger partial charge in [-0.05, 0) is 43.4 Å². The number of imidazole rings is 1. The zero-order valence-corrected chi connectivity index (χ0v) is 12.2. The van der Waals surface area contributed by atoms with Crippen molar-refractivity contribution >= 4 is 11.6 Å². The number of aromatic nitrogens is 2. The smallest absolute Gasteiger partial charge is 0.274 e. The summed E-state index contributed by atoms with van der Waals surface area (Å²) in [5.74, 6) is 0.719. The van der Waals surface area contributed by atoms with Gasteiger partial charge in [-0.15, -0.1) is 0 Å². The summed E-state index contributed by atoms with van der Waals surface area (Å²) in [4.78, 5) is 19.0. The van der Waals surface area contributed by atoms with Crippen LogP contribution in [0.2, 0.25) is 0 Å². The molecule has 20 heavy (non-hydrogen) atoms. The second-order valence-electron chi connectivity index (χ2n) is 5.76. The minimum atomic E-state index is 0.0736. The van der Waals surface area contributed by atoms with Crippen molar-refractivity contribution in [1.29, 1.82) is 0 Å². The van der Waals surface area contributed by atoms with E-state index in [1.807, 2.05) is 40.8 Å². The van der Waals surface area contributed by atoms with E-state index in [1.165, 1.54) is 6.42 Å². The zero-order valence-electron chi connectivity index (χ0n) is 12.2. The SMILES string of the molecule is CC[C@H]1CCCN(C(=O)c2cn3ccc(C)cc3n2)C1. The van der Waals surface area contributed by atoms with E-state index in [1.54, 1.807) is 0 Å². The van der Waals surface area contributed by atoms with Crippen molar-refractivity contribution in [1.82, 2.24) is 14.3 Å². The van der Waals surface area contributed by atoms with Gasteiger partial charge in [0.25, 0.3) is 5.91 Å². The van der Waals surface area contributed by atoms with Crippen LogP contribution in [0.4, 0.5) is 0 Å². The predicted octanol–water partition coefficient (Wildman–Crippen LogP) is 2.90. The molecular weight excluding hydrogens is 250 g/mol. The van der Waals surface area contributed by atoms with Crippen LogP contribution < -0.4 is 0 Å². The van der Waals surface area contributed by atoms with Gasteiger partial charge in [0.05, 0.1) is 0 Å². The molecule has 1 saturated heterocycles. The Kier molecular flexibility index (Phi) is 3.47. The molecule has 0 saturated carbocycles. The third-order valence-corrected chi connectivity index (χ3v) is 4.22. The summed E-state index contributed by atoms with van der Waals surface area (Å²) < 4.78 is 1.92. The van der Waals surface area contributed by atoms with Crippen molar-refractivity contribution in [3.05, 3.63) is 35.8 Å². The highest BCUT2D eigenvalue weighted by Crippen LogP contribution is 2.21. The molecule has 0 bridgehead atoms. The number of nitrogens with zero attached hydrogens (tertiary/aromatic N) is 3. The molecule has 3 heterocycles. The number of aryl methyl sites for hydroxylation is 1. The van der Waals surface area contributed by atoms with E-state index in [-0.39, 0.29) is 5.91 Å². The van der Waals surface area contributed by atoms with Gasteiger partial charge in [0.1, 0.15) is 11.3 Å². The van der Waals surface area contributed by atoms with Crippen LogP contribution in [0.5, 0.6) is 0 Å². The number of likely N-dealkylation sites (tertiary alicyclic amines) is 1. The maximum absolute atomic E-state index is 12.6. The molecule has 1 amide bonds. The lowest BCUT2D eigenvalue weighted by molar-refractivity contribution is 0.0666. The Morgan fingerprint density at radius 1 is 1.50 bits per heavy atom. The molecule has 0 aliphatic carbocycles. The van der Waals surface area contributed by atoms with Crippen molar-refractivity contribution < 1.29 is 4.79 Å².